The fourth-order valence-corrected chi connectivity index (χ4v) is 1.85. The number of carboxylic acids is 1. The van der Waals surface area contributed by atoms with E-state index in [2.05, 4.69) is 5.32 Å². The zero-order valence-corrected chi connectivity index (χ0v) is 9.84. The van der Waals surface area contributed by atoms with Crippen molar-refractivity contribution in [2.45, 2.75) is 25.4 Å². The molecule has 3 amide bonds. The van der Waals surface area contributed by atoms with E-state index in [0.29, 0.717) is 4.90 Å². The first-order valence-corrected chi connectivity index (χ1v) is 5.30. The van der Waals surface area contributed by atoms with Gasteiger partial charge in [-0.3, -0.25) is 4.79 Å². The third kappa shape index (κ3) is 1.55. The van der Waals surface area contributed by atoms with Gasteiger partial charge in [-0.25, -0.2) is 14.5 Å². The summed E-state index contributed by atoms with van der Waals surface area (Å²) in [6.07, 6.45) is 1.38. The number of carbonyl (C=O) groups is 3. The highest BCUT2D eigenvalue weighted by Crippen LogP contribution is 2.30. The highest BCUT2D eigenvalue weighted by Gasteiger charge is 2.53. The SMILES string of the molecule is CC(C(=O)O)N1C(=O)NC(C)(c2ccco2)C1=O. The molecule has 1 fully saturated rings. The van der Waals surface area contributed by atoms with Crippen LogP contribution in [-0.2, 0) is 15.1 Å². The van der Waals surface area contributed by atoms with Crippen molar-refractivity contribution < 1.29 is 23.9 Å². The Morgan fingerprint density at radius 2 is 2.22 bits per heavy atom. The zero-order valence-electron chi connectivity index (χ0n) is 9.84. The number of imide groups is 1. The minimum absolute atomic E-state index is 0.265. The lowest BCUT2D eigenvalue weighted by atomic mass is 9.99. The molecule has 2 rings (SSSR count). The Balaban J connectivity index is 2.38. The third-order valence-electron chi connectivity index (χ3n) is 2.98. The predicted octanol–water partition coefficient (Wildman–Crippen LogP) is 0.520. The molecule has 0 bridgehead atoms. The first-order chi connectivity index (χ1) is 8.38. The molecule has 7 heteroatoms. The van der Waals surface area contributed by atoms with E-state index in [9.17, 15) is 14.4 Å². The van der Waals surface area contributed by atoms with Crippen molar-refractivity contribution in [2.24, 2.45) is 0 Å². The second kappa shape index (κ2) is 3.86. The van der Waals surface area contributed by atoms with Crippen LogP contribution in [-0.4, -0.2) is 34.0 Å². The fourth-order valence-electron chi connectivity index (χ4n) is 1.85. The summed E-state index contributed by atoms with van der Waals surface area (Å²) in [5, 5.41) is 11.3. The monoisotopic (exact) mass is 252 g/mol. The van der Waals surface area contributed by atoms with Crippen LogP contribution in [0.1, 0.15) is 19.6 Å². The van der Waals surface area contributed by atoms with Gasteiger partial charge in [-0.1, -0.05) is 0 Å². The molecule has 2 unspecified atom stereocenters. The van der Waals surface area contributed by atoms with Crippen LogP contribution in [0.2, 0.25) is 0 Å². The fraction of sp³-hybridized carbons (Fsp3) is 0.364. The molecule has 2 N–H and O–H groups in total. The van der Waals surface area contributed by atoms with Crippen LogP contribution in [0, 0.1) is 0 Å². The average molecular weight is 252 g/mol. The number of carbonyl (C=O) groups excluding carboxylic acids is 2. The van der Waals surface area contributed by atoms with Gasteiger partial charge in [0, 0.05) is 0 Å². The van der Waals surface area contributed by atoms with Crippen molar-refractivity contribution in [3.63, 3.8) is 0 Å². The van der Waals surface area contributed by atoms with Crippen LogP contribution >= 0.6 is 0 Å². The van der Waals surface area contributed by atoms with Crippen LogP contribution in [0.3, 0.4) is 0 Å². The number of rotatable bonds is 3. The maximum absolute atomic E-state index is 12.2. The van der Waals surface area contributed by atoms with Gasteiger partial charge in [0.25, 0.3) is 5.91 Å². The Kier molecular flexibility index (Phi) is 2.61. The van der Waals surface area contributed by atoms with Crippen LogP contribution in [0.25, 0.3) is 0 Å². The molecule has 0 spiro atoms. The number of carboxylic acid groups (broad SMARTS) is 1. The topological polar surface area (TPSA) is 99.8 Å². The van der Waals surface area contributed by atoms with Crippen molar-refractivity contribution in [3.8, 4) is 0 Å². The molecule has 2 heterocycles. The molecule has 1 aliphatic rings. The summed E-state index contributed by atoms with van der Waals surface area (Å²) in [5.74, 6) is -1.62. The predicted molar refractivity (Wildman–Crippen MR) is 58.5 cm³/mol. The molecular formula is C11H12N2O5. The number of nitrogens with one attached hydrogen (secondary N) is 1. The summed E-state index contributed by atoms with van der Waals surface area (Å²) in [4.78, 5) is 35.5. The van der Waals surface area contributed by atoms with Gasteiger partial charge in [0.1, 0.15) is 11.8 Å². The van der Waals surface area contributed by atoms with Crippen LogP contribution in [0.5, 0.6) is 0 Å². The summed E-state index contributed by atoms with van der Waals surface area (Å²) in [7, 11) is 0. The second-order valence-electron chi connectivity index (χ2n) is 4.22. The largest absolute Gasteiger partial charge is 0.480 e. The van der Waals surface area contributed by atoms with E-state index in [1.54, 1.807) is 12.1 Å². The zero-order chi connectivity index (χ0) is 13.5. The van der Waals surface area contributed by atoms with Gasteiger partial charge >= 0.3 is 12.0 Å². The number of amides is 3. The number of nitrogens with zero attached hydrogens (tertiary/aromatic N) is 1. The molecule has 1 aliphatic heterocycles. The number of urea groups is 1. The Morgan fingerprint density at radius 1 is 1.56 bits per heavy atom. The minimum Gasteiger partial charge on any atom is -0.480 e. The number of hydrogen-bond donors (Lipinski definition) is 2. The van der Waals surface area contributed by atoms with Gasteiger partial charge in [-0.15, -0.1) is 0 Å². The van der Waals surface area contributed by atoms with Crippen molar-refractivity contribution in [1.29, 1.82) is 0 Å². The maximum Gasteiger partial charge on any atom is 0.326 e. The molecular weight excluding hydrogens is 240 g/mol. The lowest BCUT2D eigenvalue weighted by molar-refractivity contribution is -0.147. The van der Waals surface area contributed by atoms with Gasteiger partial charge in [-0.05, 0) is 26.0 Å². The summed E-state index contributed by atoms with van der Waals surface area (Å²) in [5.41, 5.74) is -1.36. The standard InChI is InChI=1S/C11H12N2O5/c1-6(8(14)15)13-9(16)11(2,12-10(13)17)7-4-3-5-18-7/h3-6H,1-2H3,(H,12,17)(H,14,15). The molecule has 18 heavy (non-hydrogen) atoms. The first-order valence-electron chi connectivity index (χ1n) is 5.30. The Bertz CT molecular complexity index is 510. The van der Waals surface area contributed by atoms with Crippen LogP contribution < -0.4 is 5.32 Å². The van der Waals surface area contributed by atoms with E-state index >= 15 is 0 Å². The molecule has 1 aromatic rings. The quantitative estimate of drug-likeness (QED) is 0.764. The third-order valence-corrected chi connectivity index (χ3v) is 2.98. The van der Waals surface area contributed by atoms with E-state index in [0.717, 1.165) is 0 Å². The highest BCUT2D eigenvalue weighted by molar-refractivity contribution is 6.09. The van der Waals surface area contributed by atoms with Gasteiger partial charge in [0.05, 0.1) is 6.26 Å². The molecule has 1 aromatic heterocycles. The van der Waals surface area contributed by atoms with Gasteiger partial charge in [0.15, 0.2) is 5.54 Å². The van der Waals surface area contributed by atoms with E-state index in [1.165, 1.54) is 20.1 Å². The van der Waals surface area contributed by atoms with E-state index < -0.39 is 29.5 Å². The molecule has 96 valence electrons. The molecule has 0 saturated carbocycles. The lowest BCUT2D eigenvalue weighted by Crippen LogP contribution is -2.45. The van der Waals surface area contributed by atoms with Crippen LogP contribution in [0.15, 0.2) is 22.8 Å². The maximum atomic E-state index is 12.2. The minimum atomic E-state index is -1.36. The second-order valence-corrected chi connectivity index (χ2v) is 4.22. The molecule has 0 aliphatic carbocycles. The van der Waals surface area contributed by atoms with Gasteiger partial charge < -0.3 is 14.8 Å². The number of hydrogen-bond acceptors (Lipinski definition) is 4. The van der Waals surface area contributed by atoms with Crippen molar-refractivity contribution in [3.05, 3.63) is 24.2 Å². The van der Waals surface area contributed by atoms with Crippen molar-refractivity contribution >= 4 is 17.9 Å². The molecule has 0 radical (unpaired) electrons. The molecule has 0 aromatic carbocycles. The summed E-state index contributed by atoms with van der Waals surface area (Å²) >= 11 is 0. The summed E-state index contributed by atoms with van der Waals surface area (Å²) < 4.78 is 5.12. The van der Waals surface area contributed by atoms with Crippen molar-refractivity contribution in [1.82, 2.24) is 10.2 Å². The smallest absolute Gasteiger partial charge is 0.326 e. The van der Waals surface area contributed by atoms with E-state index in [1.807, 2.05) is 0 Å². The number of aliphatic carboxylic acids is 1. The first kappa shape index (κ1) is 12.2. The molecule has 1 saturated heterocycles. The van der Waals surface area contributed by atoms with E-state index in [4.69, 9.17) is 9.52 Å². The van der Waals surface area contributed by atoms with Gasteiger partial charge in [0.2, 0.25) is 0 Å². The normalized spacial score (nSPS) is 25.1. The average Bonchev–Trinajstić information content (AvgIpc) is 2.88. The Morgan fingerprint density at radius 3 is 2.72 bits per heavy atom. The molecule has 7 nitrogen and oxygen atoms in total. The summed E-state index contributed by atoms with van der Waals surface area (Å²) in [6.45, 7) is 2.74. The van der Waals surface area contributed by atoms with E-state index in [-0.39, 0.29) is 5.76 Å². The Hall–Kier alpha value is -2.31. The Labute approximate surface area is 102 Å². The number of furan rings is 1. The highest BCUT2D eigenvalue weighted by atomic mass is 16.4. The van der Waals surface area contributed by atoms with Crippen LogP contribution in [0.4, 0.5) is 4.79 Å². The van der Waals surface area contributed by atoms with Crippen molar-refractivity contribution in [2.75, 3.05) is 0 Å². The lowest BCUT2D eigenvalue weighted by Gasteiger charge is -2.20. The van der Waals surface area contributed by atoms with Gasteiger partial charge in [-0.2, -0.15) is 0 Å². The summed E-state index contributed by atoms with van der Waals surface area (Å²) in [6, 6.07) is 1.17. The molecule has 2 atom stereocenters.